The van der Waals surface area contributed by atoms with Gasteiger partial charge in [0, 0.05) is 12.8 Å². The first-order valence-electron chi connectivity index (χ1n) is 13.4. The number of carbonyl (C=O) groups is 4. The normalized spacial score (nSPS) is 15.4. The number of aliphatic carboxylic acids is 1. The van der Waals surface area contributed by atoms with Crippen molar-refractivity contribution in [3.05, 3.63) is 23.8 Å². The highest BCUT2D eigenvalue weighted by Crippen LogP contribution is 2.32. The topological polar surface area (TPSA) is 161 Å². The van der Waals surface area contributed by atoms with Gasteiger partial charge in [-0.1, -0.05) is 33.8 Å². The lowest BCUT2D eigenvalue weighted by molar-refractivity contribution is -0.160. The highest BCUT2D eigenvalue weighted by Gasteiger charge is 2.38. The van der Waals surface area contributed by atoms with Gasteiger partial charge in [-0.15, -0.1) is 0 Å². The summed E-state index contributed by atoms with van der Waals surface area (Å²) in [6.45, 7) is 17.5. The van der Waals surface area contributed by atoms with Crippen LogP contribution in [0.1, 0.15) is 81.2 Å². The van der Waals surface area contributed by atoms with Gasteiger partial charge in [-0.3, -0.25) is 9.59 Å². The largest absolute Gasteiger partial charge is 0.514 e. The van der Waals surface area contributed by atoms with Gasteiger partial charge in [0.05, 0.1) is 5.41 Å². The van der Waals surface area contributed by atoms with Gasteiger partial charge in [-0.05, 0) is 71.1 Å². The molecule has 11 nitrogen and oxygen atoms in total. The minimum Gasteiger partial charge on any atom is -0.480 e. The van der Waals surface area contributed by atoms with E-state index in [1.165, 1.54) is 18.2 Å². The Kier molecular flexibility index (Phi) is 12.4. The fourth-order valence-corrected chi connectivity index (χ4v) is 3.14. The standard InChI is InChI=1S/C29H45NO10/c1-16(2)19(6)37-26(34)39-22-12-11-21(13-23(22)40-27(35)38-20(7)17(3)4)15-29(30,24(31)32)14-18(5)36-25(33)28(8,9)10/h11-13,16-20H,14-15,30H2,1-10H3,(H,31,32)/t18-,19?,20?,29?/m0/s1. The van der Waals surface area contributed by atoms with Crippen LogP contribution in [0.4, 0.5) is 9.59 Å². The van der Waals surface area contributed by atoms with Crippen molar-refractivity contribution in [3.63, 3.8) is 0 Å². The zero-order valence-electron chi connectivity index (χ0n) is 25.2. The van der Waals surface area contributed by atoms with Gasteiger partial charge in [0.1, 0.15) is 23.9 Å². The summed E-state index contributed by atoms with van der Waals surface area (Å²) in [6.07, 6.45) is -4.14. The second kappa shape index (κ2) is 14.3. The number of nitrogens with two attached hydrogens (primary N) is 1. The van der Waals surface area contributed by atoms with Gasteiger partial charge in [0.15, 0.2) is 11.5 Å². The van der Waals surface area contributed by atoms with E-state index < -0.39 is 53.5 Å². The Morgan fingerprint density at radius 2 is 1.27 bits per heavy atom. The van der Waals surface area contributed by atoms with Crippen molar-refractivity contribution < 1.29 is 48.0 Å². The highest BCUT2D eigenvalue weighted by atomic mass is 16.7. The molecule has 1 aromatic carbocycles. The van der Waals surface area contributed by atoms with Crippen molar-refractivity contribution in [2.75, 3.05) is 0 Å². The van der Waals surface area contributed by atoms with Gasteiger partial charge < -0.3 is 34.5 Å². The maximum Gasteiger partial charge on any atom is 0.514 e. The minimum absolute atomic E-state index is 0.0184. The quantitative estimate of drug-likeness (QED) is 0.186. The zero-order valence-corrected chi connectivity index (χ0v) is 25.2. The SMILES string of the molecule is CC(C)C(C)OC(=O)Oc1ccc(CC(N)(C[C@H](C)OC(=O)C(C)(C)C)C(=O)O)cc1OC(=O)OC(C)C(C)C. The molecule has 0 aliphatic rings. The van der Waals surface area contributed by atoms with Crippen LogP contribution in [-0.4, -0.2) is 53.2 Å². The molecule has 0 amide bonds. The van der Waals surface area contributed by atoms with Crippen molar-refractivity contribution in [1.82, 2.24) is 0 Å². The Hall–Kier alpha value is -3.34. The molecular weight excluding hydrogens is 522 g/mol. The molecule has 0 spiro atoms. The van der Waals surface area contributed by atoms with E-state index in [4.69, 9.17) is 29.4 Å². The van der Waals surface area contributed by atoms with E-state index in [2.05, 4.69) is 0 Å². The van der Waals surface area contributed by atoms with Gasteiger partial charge in [-0.2, -0.15) is 0 Å². The molecule has 1 aromatic rings. The fraction of sp³-hybridized carbons (Fsp3) is 0.655. The molecule has 0 aliphatic heterocycles. The van der Waals surface area contributed by atoms with Crippen molar-refractivity contribution in [1.29, 1.82) is 0 Å². The van der Waals surface area contributed by atoms with Gasteiger partial charge in [0.25, 0.3) is 0 Å². The molecule has 0 radical (unpaired) electrons. The molecular formula is C29H45NO10. The van der Waals surface area contributed by atoms with E-state index in [9.17, 15) is 24.3 Å². The second-order valence-corrected chi connectivity index (χ2v) is 11.9. The third-order valence-corrected chi connectivity index (χ3v) is 6.35. The number of carboxylic acid groups (broad SMARTS) is 1. The molecule has 0 fully saturated rings. The van der Waals surface area contributed by atoms with Crippen LogP contribution in [0.2, 0.25) is 0 Å². The summed E-state index contributed by atoms with van der Waals surface area (Å²) in [6, 6.07) is 4.17. The predicted octanol–water partition coefficient (Wildman–Crippen LogP) is 5.50. The van der Waals surface area contributed by atoms with E-state index in [0.717, 1.165) is 0 Å². The average molecular weight is 568 g/mol. The summed E-state index contributed by atoms with van der Waals surface area (Å²) in [5.41, 5.74) is 4.03. The molecule has 3 N–H and O–H groups in total. The monoisotopic (exact) mass is 567 g/mol. The van der Waals surface area contributed by atoms with Crippen LogP contribution in [0.5, 0.6) is 11.5 Å². The molecule has 0 saturated carbocycles. The minimum atomic E-state index is -1.84. The molecule has 40 heavy (non-hydrogen) atoms. The Morgan fingerprint density at radius 3 is 1.70 bits per heavy atom. The Labute approximate surface area is 236 Å². The molecule has 1 rings (SSSR count). The lowest BCUT2D eigenvalue weighted by atomic mass is 9.86. The molecule has 226 valence electrons. The number of benzene rings is 1. The average Bonchev–Trinajstić information content (AvgIpc) is 2.79. The molecule has 4 atom stereocenters. The Bertz CT molecular complexity index is 1050. The third kappa shape index (κ3) is 11.0. The van der Waals surface area contributed by atoms with Gasteiger partial charge in [-0.25, -0.2) is 9.59 Å². The Morgan fingerprint density at radius 1 is 0.800 bits per heavy atom. The van der Waals surface area contributed by atoms with Crippen LogP contribution in [0.3, 0.4) is 0 Å². The van der Waals surface area contributed by atoms with Crippen molar-refractivity contribution in [3.8, 4) is 11.5 Å². The summed E-state index contributed by atoms with van der Waals surface area (Å²) < 4.78 is 26.6. The van der Waals surface area contributed by atoms with E-state index in [1.807, 2.05) is 27.7 Å². The van der Waals surface area contributed by atoms with Gasteiger partial charge >= 0.3 is 24.2 Å². The summed E-state index contributed by atoms with van der Waals surface area (Å²) in [7, 11) is 0. The second-order valence-electron chi connectivity index (χ2n) is 11.9. The lowest BCUT2D eigenvalue weighted by Crippen LogP contribution is -2.52. The summed E-state index contributed by atoms with van der Waals surface area (Å²) in [5.74, 6) is -2.07. The Balaban J connectivity index is 3.27. The van der Waals surface area contributed by atoms with Crippen molar-refractivity contribution >= 4 is 24.2 Å². The number of ether oxygens (including phenoxy) is 5. The van der Waals surface area contributed by atoms with Crippen LogP contribution in [0, 0.1) is 17.3 Å². The summed E-state index contributed by atoms with van der Waals surface area (Å²) in [4.78, 5) is 49.3. The van der Waals surface area contributed by atoms with Crippen molar-refractivity contribution in [2.45, 2.75) is 106 Å². The maximum absolute atomic E-state index is 12.5. The lowest BCUT2D eigenvalue weighted by Gasteiger charge is -2.29. The fourth-order valence-electron chi connectivity index (χ4n) is 3.14. The molecule has 0 bridgehead atoms. The summed E-state index contributed by atoms with van der Waals surface area (Å²) >= 11 is 0. The first-order valence-corrected chi connectivity index (χ1v) is 13.4. The zero-order chi connectivity index (χ0) is 31.0. The van der Waals surface area contributed by atoms with E-state index in [0.29, 0.717) is 5.56 Å². The van der Waals surface area contributed by atoms with Crippen molar-refractivity contribution in [2.24, 2.45) is 23.0 Å². The smallest absolute Gasteiger partial charge is 0.480 e. The number of rotatable bonds is 12. The molecule has 3 unspecified atom stereocenters. The van der Waals surface area contributed by atoms with Crippen LogP contribution >= 0.6 is 0 Å². The molecule has 0 saturated heterocycles. The predicted molar refractivity (Wildman–Crippen MR) is 147 cm³/mol. The highest BCUT2D eigenvalue weighted by molar-refractivity contribution is 5.79. The molecule has 0 aliphatic carbocycles. The number of esters is 1. The number of carboxylic acids is 1. The van der Waals surface area contributed by atoms with E-state index in [-0.39, 0.29) is 36.2 Å². The van der Waals surface area contributed by atoms with Crippen LogP contribution in [-0.2, 0) is 30.2 Å². The first-order chi connectivity index (χ1) is 18.2. The van der Waals surface area contributed by atoms with E-state index >= 15 is 0 Å². The molecule has 0 heterocycles. The molecule has 11 heteroatoms. The number of carbonyl (C=O) groups excluding carboxylic acids is 3. The van der Waals surface area contributed by atoms with Gasteiger partial charge in [0.2, 0.25) is 0 Å². The van der Waals surface area contributed by atoms with E-state index in [1.54, 1.807) is 41.5 Å². The molecule has 0 aromatic heterocycles. The number of hydrogen-bond acceptors (Lipinski definition) is 10. The third-order valence-electron chi connectivity index (χ3n) is 6.35. The maximum atomic E-state index is 12.5. The number of hydrogen-bond donors (Lipinski definition) is 2. The van der Waals surface area contributed by atoms with Crippen LogP contribution < -0.4 is 15.2 Å². The van der Waals surface area contributed by atoms with Crippen LogP contribution in [0.25, 0.3) is 0 Å². The summed E-state index contributed by atoms with van der Waals surface area (Å²) in [5, 5.41) is 9.95. The van der Waals surface area contributed by atoms with Crippen LogP contribution in [0.15, 0.2) is 18.2 Å². The first kappa shape index (κ1) is 34.7.